The van der Waals surface area contributed by atoms with Crippen molar-refractivity contribution in [3.05, 3.63) is 47.0 Å². The number of carbonyl (C=O) groups excluding carboxylic acids is 2. The summed E-state index contributed by atoms with van der Waals surface area (Å²) in [6, 6.07) is 8.09. The van der Waals surface area contributed by atoms with Gasteiger partial charge in [-0.05, 0) is 50.7 Å². The van der Waals surface area contributed by atoms with E-state index in [1.54, 1.807) is 0 Å². The summed E-state index contributed by atoms with van der Waals surface area (Å²) < 4.78 is 1.95. The van der Waals surface area contributed by atoms with E-state index in [1.165, 1.54) is 5.56 Å². The Balaban J connectivity index is 1.69. The molecule has 0 saturated carbocycles. The van der Waals surface area contributed by atoms with Crippen molar-refractivity contribution in [2.45, 2.75) is 58.5 Å². The molecular formula is C21H26N4O2. The van der Waals surface area contributed by atoms with Gasteiger partial charge in [-0.1, -0.05) is 25.1 Å². The van der Waals surface area contributed by atoms with Crippen LogP contribution >= 0.6 is 0 Å². The fourth-order valence-electron chi connectivity index (χ4n) is 3.96. The minimum Gasteiger partial charge on any atom is -0.347 e. The van der Waals surface area contributed by atoms with Crippen molar-refractivity contribution in [2.24, 2.45) is 0 Å². The molecule has 4 rings (SSSR count). The molecule has 0 bridgehead atoms. The average molecular weight is 366 g/mol. The molecule has 1 unspecified atom stereocenters. The van der Waals surface area contributed by atoms with E-state index >= 15 is 0 Å². The van der Waals surface area contributed by atoms with Gasteiger partial charge in [-0.15, -0.1) is 0 Å². The average Bonchev–Trinajstić information content (AvgIpc) is 3.29. The van der Waals surface area contributed by atoms with Crippen LogP contribution in [0.15, 0.2) is 24.3 Å². The highest BCUT2D eigenvalue weighted by Crippen LogP contribution is 2.30. The smallest absolute Gasteiger partial charge is 0.287 e. The molecule has 1 N–H and O–H groups in total. The van der Waals surface area contributed by atoms with E-state index in [9.17, 15) is 9.59 Å². The lowest BCUT2D eigenvalue weighted by Gasteiger charge is -2.20. The van der Waals surface area contributed by atoms with Gasteiger partial charge in [0.2, 0.25) is 0 Å². The second kappa shape index (κ2) is 7.18. The summed E-state index contributed by atoms with van der Waals surface area (Å²) in [5.74, 6) is 0.0994. The Bertz CT molecular complexity index is 886. The summed E-state index contributed by atoms with van der Waals surface area (Å²) in [6.07, 6.45) is 4.54. The fourth-order valence-corrected chi connectivity index (χ4v) is 3.96. The zero-order valence-corrected chi connectivity index (χ0v) is 16.0. The molecule has 3 heterocycles. The maximum Gasteiger partial charge on any atom is 0.287 e. The monoisotopic (exact) mass is 366 g/mol. The minimum absolute atomic E-state index is 0.0821. The molecule has 6 heteroatoms. The lowest BCUT2D eigenvalue weighted by atomic mass is 10.1. The Morgan fingerprint density at radius 3 is 2.81 bits per heavy atom. The van der Waals surface area contributed by atoms with Crippen molar-refractivity contribution >= 4 is 17.5 Å². The van der Waals surface area contributed by atoms with Crippen molar-refractivity contribution < 1.29 is 9.59 Å². The first-order valence-corrected chi connectivity index (χ1v) is 9.90. The van der Waals surface area contributed by atoms with Gasteiger partial charge in [0.1, 0.15) is 0 Å². The lowest BCUT2D eigenvalue weighted by Crippen LogP contribution is -2.34. The van der Waals surface area contributed by atoms with Gasteiger partial charge in [0.05, 0.1) is 5.69 Å². The van der Waals surface area contributed by atoms with Crippen LogP contribution in [0.2, 0.25) is 0 Å². The van der Waals surface area contributed by atoms with Crippen LogP contribution in [0, 0.1) is 0 Å². The number of nitrogens with zero attached hydrogens (tertiary/aromatic N) is 3. The predicted molar refractivity (Wildman–Crippen MR) is 104 cm³/mol. The van der Waals surface area contributed by atoms with Crippen molar-refractivity contribution in [1.82, 2.24) is 14.9 Å². The molecule has 0 spiro atoms. The first-order valence-electron chi connectivity index (χ1n) is 9.90. The molecule has 27 heavy (non-hydrogen) atoms. The van der Waals surface area contributed by atoms with Crippen LogP contribution in [0.25, 0.3) is 0 Å². The second-order valence-corrected chi connectivity index (χ2v) is 7.46. The van der Waals surface area contributed by atoms with Crippen LogP contribution in [0.5, 0.6) is 0 Å². The molecule has 2 amide bonds. The third-order valence-corrected chi connectivity index (χ3v) is 5.65. The van der Waals surface area contributed by atoms with E-state index in [2.05, 4.69) is 16.4 Å². The minimum atomic E-state index is -0.187. The number of hydrogen-bond donors (Lipinski definition) is 1. The van der Waals surface area contributed by atoms with Crippen LogP contribution in [0.1, 0.15) is 65.5 Å². The van der Waals surface area contributed by atoms with Gasteiger partial charge in [0.25, 0.3) is 11.8 Å². The number of anilines is 1. The Morgan fingerprint density at radius 2 is 2.00 bits per heavy atom. The molecule has 2 aliphatic heterocycles. The quantitative estimate of drug-likeness (QED) is 0.905. The highest BCUT2D eigenvalue weighted by atomic mass is 16.2. The highest BCUT2D eigenvalue weighted by molar-refractivity contribution is 6.07. The summed E-state index contributed by atoms with van der Waals surface area (Å²) >= 11 is 0. The van der Waals surface area contributed by atoms with Gasteiger partial charge in [-0.25, -0.2) is 4.98 Å². The van der Waals surface area contributed by atoms with Crippen molar-refractivity contribution in [3.8, 4) is 0 Å². The summed E-state index contributed by atoms with van der Waals surface area (Å²) in [4.78, 5) is 32.4. The third kappa shape index (κ3) is 3.13. The van der Waals surface area contributed by atoms with Gasteiger partial charge < -0.3 is 14.8 Å². The van der Waals surface area contributed by atoms with E-state index in [-0.39, 0.29) is 17.9 Å². The van der Waals surface area contributed by atoms with Crippen LogP contribution in [-0.2, 0) is 19.4 Å². The number of rotatable bonds is 4. The van der Waals surface area contributed by atoms with Crippen LogP contribution in [-0.4, -0.2) is 34.0 Å². The van der Waals surface area contributed by atoms with Gasteiger partial charge >= 0.3 is 0 Å². The van der Waals surface area contributed by atoms with E-state index in [4.69, 9.17) is 0 Å². The number of nitrogens with one attached hydrogen (secondary N) is 1. The summed E-state index contributed by atoms with van der Waals surface area (Å²) in [7, 11) is 0. The molecule has 0 aliphatic carbocycles. The van der Waals surface area contributed by atoms with E-state index in [1.807, 2.05) is 41.5 Å². The Kier molecular flexibility index (Phi) is 4.72. The topological polar surface area (TPSA) is 67.2 Å². The van der Waals surface area contributed by atoms with E-state index in [0.717, 1.165) is 50.0 Å². The third-order valence-electron chi connectivity index (χ3n) is 5.65. The van der Waals surface area contributed by atoms with Crippen LogP contribution in [0.4, 0.5) is 5.69 Å². The molecule has 1 aromatic heterocycles. The number of benzene rings is 1. The maximum absolute atomic E-state index is 13.3. The number of carbonyl (C=O) groups is 2. The second-order valence-electron chi connectivity index (χ2n) is 7.46. The fraction of sp³-hybridized carbons (Fsp3) is 0.476. The zero-order valence-electron chi connectivity index (χ0n) is 16.0. The molecule has 2 aliphatic rings. The van der Waals surface area contributed by atoms with E-state index in [0.29, 0.717) is 18.1 Å². The van der Waals surface area contributed by atoms with Gasteiger partial charge in [0, 0.05) is 24.8 Å². The number of aromatic nitrogens is 2. The van der Waals surface area contributed by atoms with Crippen molar-refractivity contribution in [3.63, 3.8) is 0 Å². The molecule has 142 valence electrons. The largest absolute Gasteiger partial charge is 0.347 e. The molecular weight excluding hydrogens is 340 g/mol. The lowest BCUT2D eigenvalue weighted by molar-refractivity contribution is 0.0923. The first-order chi connectivity index (χ1) is 13.1. The van der Waals surface area contributed by atoms with Gasteiger partial charge in [-0.2, -0.15) is 0 Å². The molecule has 0 fully saturated rings. The summed E-state index contributed by atoms with van der Waals surface area (Å²) in [5.41, 5.74) is 3.50. The highest BCUT2D eigenvalue weighted by Gasteiger charge is 2.32. The molecule has 1 aromatic carbocycles. The first kappa shape index (κ1) is 17.8. The number of imidazole rings is 1. The summed E-state index contributed by atoms with van der Waals surface area (Å²) in [6.45, 7) is 5.42. The van der Waals surface area contributed by atoms with Crippen LogP contribution < -0.4 is 10.2 Å². The predicted octanol–water partition coefficient (Wildman–Crippen LogP) is 2.95. The number of hydrogen-bond acceptors (Lipinski definition) is 3. The molecule has 1 atom stereocenters. The van der Waals surface area contributed by atoms with Crippen molar-refractivity contribution in [2.75, 3.05) is 11.4 Å². The molecule has 2 aromatic rings. The Labute approximate surface area is 159 Å². The zero-order chi connectivity index (χ0) is 19.0. The molecule has 0 saturated heterocycles. The number of fused-ring (bicyclic) bond motifs is 2. The van der Waals surface area contributed by atoms with Crippen LogP contribution in [0.3, 0.4) is 0 Å². The Hall–Kier alpha value is -2.63. The summed E-state index contributed by atoms with van der Waals surface area (Å²) in [5, 5.41) is 2.99. The number of para-hydroxylation sites is 1. The SMILES string of the molecule is CCC(C)NC(=O)c1nc(C(=O)N2CCc3ccccc32)c2n1CCCC2. The Morgan fingerprint density at radius 1 is 1.19 bits per heavy atom. The van der Waals surface area contributed by atoms with Crippen molar-refractivity contribution in [1.29, 1.82) is 0 Å². The van der Waals surface area contributed by atoms with Gasteiger partial charge in [0.15, 0.2) is 11.5 Å². The maximum atomic E-state index is 13.3. The normalized spacial score (nSPS) is 16.6. The standard InChI is InChI=1S/C21H26N4O2/c1-3-14(2)22-20(26)19-23-18(17-10-6-7-12-24(17)19)21(27)25-13-11-15-8-4-5-9-16(15)25/h4-5,8-9,14H,3,6-7,10-13H2,1-2H3,(H,22,26). The van der Waals surface area contributed by atoms with E-state index < -0.39 is 0 Å². The molecule has 6 nitrogen and oxygen atoms in total. The molecule has 0 radical (unpaired) electrons. The van der Waals surface area contributed by atoms with Gasteiger partial charge in [-0.3, -0.25) is 9.59 Å². The number of amides is 2.